The minimum Gasteiger partial charge on any atom is -0.359 e. The first kappa shape index (κ1) is 20.2. The molecule has 1 saturated heterocycles. The van der Waals surface area contributed by atoms with Gasteiger partial charge in [-0.15, -0.1) is 0 Å². The molecule has 144 valence electrons. The van der Waals surface area contributed by atoms with Gasteiger partial charge in [0.25, 0.3) is 0 Å². The van der Waals surface area contributed by atoms with Crippen molar-refractivity contribution in [2.75, 3.05) is 20.1 Å². The van der Waals surface area contributed by atoms with Crippen LogP contribution in [0.15, 0.2) is 12.3 Å². The molecule has 0 saturated carbocycles. The van der Waals surface area contributed by atoms with Crippen molar-refractivity contribution in [2.24, 2.45) is 0 Å². The number of pyridine rings is 1. The molecular formula is C18H24F3N3O2. The van der Waals surface area contributed by atoms with E-state index in [4.69, 9.17) is 0 Å². The molecule has 1 aliphatic rings. The summed E-state index contributed by atoms with van der Waals surface area (Å²) in [5.41, 5.74) is -0.120. The third-order valence-electron chi connectivity index (χ3n) is 4.72. The number of carbonyl (C=O) groups is 2. The van der Waals surface area contributed by atoms with Gasteiger partial charge in [-0.1, -0.05) is 0 Å². The second-order valence-corrected chi connectivity index (χ2v) is 6.64. The van der Waals surface area contributed by atoms with E-state index < -0.39 is 17.8 Å². The number of likely N-dealkylation sites (tertiary alicyclic amines) is 1. The number of alkyl halides is 3. The molecule has 0 bridgehead atoms. The number of rotatable bonds is 5. The lowest BCUT2D eigenvalue weighted by Gasteiger charge is -2.29. The van der Waals surface area contributed by atoms with Gasteiger partial charge in [0.05, 0.1) is 0 Å². The molecule has 1 N–H and O–H groups in total. The van der Waals surface area contributed by atoms with Crippen molar-refractivity contribution in [3.63, 3.8) is 0 Å². The van der Waals surface area contributed by atoms with Gasteiger partial charge >= 0.3 is 6.18 Å². The van der Waals surface area contributed by atoms with Crippen LogP contribution in [-0.4, -0.2) is 41.8 Å². The van der Waals surface area contributed by atoms with E-state index in [1.54, 1.807) is 11.8 Å². The van der Waals surface area contributed by atoms with Crippen molar-refractivity contribution in [1.29, 1.82) is 0 Å². The molecule has 1 aromatic rings. The molecule has 1 atom stereocenters. The average molecular weight is 371 g/mol. The van der Waals surface area contributed by atoms with Gasteiger partial charge in [0.1, 0.15) is 5.69 Å². The molecule has 5 nitrogen and oxygen atoms in total. The lowest BCUT2D eigenvalue weighted by atomic mass is 9.88. The van der Waals surface area contributed by atoms with Gasteiger partial charge in [0.15, 0.2) is 0 Å². The number of hydrogen-bond acceptors (Lipinski definition) is 3. The van der Waals surface area contributed by atoms with Crippen LogP contribution in [0.1, 0.15) is 54.8 Å². The van der Waals surface area contributed by atoms with Crippen LogP contribution in [0.2, 0.25) is 0 Å². The molecule has 26 heavy (non-hydrogen) atoms. The van der Waals surface area contributed by atoms with E-state index in [1.807, 2.05) is 0 Å². The normalized spacial score (nSPS) is 16.3. The highest BCUT2D eigenvalue weighted by atomic mass is 19.4. The van der Waals surface area contributed by atoms with Crippen LogP contribution in [0.25, 0.3) is 0 Å². The Kier molecular flexibility index (Phi) is 6.61. The lowest BCUT2D eigenvalue weighted by Crippen LogP contribution is -2.36. The van der Waals surface area contributed by atoms with Crippen molar-refractivity contribution in [3.05, 3.63) is 29.1 Å². The van der Waals surface area contributed by atoms with Crippen molar-refractivity contribution < 1.29 is 22.8 Å². The zero-order chi connectivity index (χ0) is 19.3. The van der Waals surface area contributed by atoms with Crippen LogP contribution < -0.4 is 5.32 Å². The predicted octanol–water partition coefficient (Wildman–Crippen LogP) is 3.03. The first-order valence-corrected chi connectivity index (χ1v) is 8.74. The Labute approximate surface area is 151 Å². The molecule has 2 rings (SSSR count). The topological polar surface area (TPSA) is 62.3 Å². The maximum atomic E-state index is 13.0. The van der Waals surface area contributed by atoms with Gasteiger partial charge in [-0.25, -0.2) is 0 Å². The van der Waals surface area contributed by atoms with Gasteiger partial charge in [0, 0.05) is 45.1 Å². The monoisotopic (exact) mass is 371 g/mol. The van der Waals surface area contributed by atoms with E-state index in [-0.39, 0.29) is 24.7 Å². The van der Waals surface area contributed by atoms with Crippen LogP contribution in [0.4, 0.5) is 13.2 Å². The van der Waals surface area contributed by atoms with Gasteiger partial charge in [-0.3, -0.25) is 14.6 Å². The maximum absolute atomic E-state index is 13.0. The molecule has 1 aliphatic heterocycles. The van der Waals surface area contributed by atoms with Crippen LogP contribution in [0.3, 0.4) is 0 Å². The summed E-state index contributed by atoms with van der Waals surface area (Å²) < 4.78 is 39.1. The molecule has 1 aromatic heterocycles. The molecule has 2 amide bonds. The number of carbonyl (C=O) groups excluding carboxylic acids is 2. The molecule has 0 radical (unpaired) electrons. The number of aromatic nitrogens is 1. The number of nitrogens with one attached hydrogen (secondary N) is 1. The fourth-order valence-electron chi connectivity index (χ4n) is 3.24. The average Bonchev–Trinajstić information content (AvgIpc) is 2.61. The minimum absolute atomic E-state index is 0.00949. The molecule has 0 aliphatic carbocycles. The smallest absolute Gasteiger partial charge is 0.359 e. The van der Waals surface area contributed by atoms with Crippen LogP contribution in [0, 0.1) is 6.92 Å². The molecular weight excluding hydrogens is 347 g/mol. The highest BCUT2D eigenvalue weighted by Gasteiger charge is 2.34. The maximum Gasteiger partial charge on any atom is 0.433 e. The highest BCUT2D eigenvalue weighted by molar-refractivity contribution is 5.80. The first-order chi connectivity index (χ1) is 12.2. The minimum atomic E-state index is -4.57. The zero-order valence-electron chi connectivity index (χ0n) is 15.0. The quantitative estimate of drug-likeness (QED) is 0.865. The van der Waals surface area contributed by atoms with E-state index in [0.717, 1.165) is 31.5 Å². The Bertz CT molecular complexity index is 656. The Morgan fingerprint density at radius 2 is 1.88 bits per heavy atom. The molecule has 0 spiro atoms. The van der Waals surface area contributed by atoms with Crippen LogP contribution in [-0.2, 0) is 15.8 Å². The van der Waals surface area contributed by atoms with E-state index in [1.165, 1.54) is 7.05 Å². The number of nitrogens with zero attached hydrogens (tertiary/aromatic N) is 2. The predicted molar refractivity (Wildman–Crippen MR) is 90.4 cm³/mol. The lowest BCUT2D eigenvalue weighted by molar-refractivity contribution is -0.141. The SMILES string of the molecule is CNC(=O)C[C@@H](CC(=O)N1CCCCC1)c1cc(C(F)(F)F)ncc1C. The van der Waals surface area contributed by atoms with Gasteiger partial charge < -0.3 is 10.2 Å². The van der Waals surface area contributed by atoms with Crippen molar-refractivity contribution in [1.82, 2.24) is 15.2 Å². The van der Waals surface area contributed by atoms with E-state index in [0.29, 0.717) is 24.2 Å². The van der Waals surface area contributed by atoms with Crippen molar-refractivity contribution >= 4 is 11.8 Å². The fourth-order valence-corrected chi connectivity index (χ4v) is 3.24. The van der Waals surface area contributed by atoms with Crippen LogP contribution in [0.5, 0.6) is 0 Å². The summed E-state index contributed by atoms with van der Waals surface area (Å²) in [7, 11) is 1.46. The van der Waals surface area contributed by atoms with E-state index >= 15 is 0 Å². The number of piperidine rings is 1. The fraction of sp³-hybridized carbons (Fsp3) is 0.611. The second-order valence-electron chi connectivity index (χ2n) is 6.64. The second kappa shape index (κ2) is 8.51. The van der Waals surface area contributed by atoms with E-state index in [2.05, 4.69) is 10.3 Å². The Balaban J connectivity index is 2.29. The molecule has 2 heterocycles. The molecule has 0 aromatic carbocycles. The number of amides is 2. The summed E-state index contributed by atoms with van der Waals surface area (Å²) in [5, 5.41) is 2.48. The van der Waals surface area contributed by atoms with Gasteiger partial charge in [-0.2, -0.15) is 13.2 Å². The summed E-state index contributed by atoms with van der Waals surface area (Å²) in [4.78, 5) is 29.7. The largest absolute Gasteiger partial charge is 0.433 e. The summed E-state index contributed by atoms with van der Waals surface area (Å²) in [6.45, 7) is 2.97. The number of aryl methyl sites for hydroxylation is 1. The Morgan fingerprint density at radius 1 is 1.23 bits per heavy atom. The standard InChI is InChI=1S/C18H24F3N3O2/c1-12-11-23-15(18(19,20)21)10-14(12)13(8-16(25)22-2)9-17(26)24-6-4-3-5-7-24/h10-11,13H,3-9H2,1-2H3,(H,22,25)/t13-/m0/s1. The molecule has 1 fully saturated rings. The van der Waals surface area contributed by atoms with Crippen LogP contribution >= 0.6 is 0 Å². The van der Waals surface area contributed by atoms with E-state index in [9.17, 15) is 22.8 Å². The Morgan fingerprint density at radius 3 is 2.46 bits per heavy atom. The molecule has 0 unspecified atom stereocenters. The van der Waals surface area contributed by atoms with Gasteiger partial charge in [-0.05, 0) is 43.4 Å². The van der Waals surface area contributed by atoms with Gasteiger partial charge in [0.2, 0.25) is 11.8 Å². The molecule has 8 heteroatoms. The van der Waals surface area contributed by atoms with Crippen molar-refractivity contribution in [2.45, 2.75) is 51.1 Å². The highest BCUT2D eigenvalue weighted by Crippen LogP contribution is 2.33. The number of halogens is 3. The summed E-state index contributed by atoms with van der Waals surface area (Å²) in [5.74, 6) is -1.05. The van der Waals surface area contributed by atoms with Crippen molar-refractivity contribution in [3.8, 4) is 0 Å². The summed E-state index contributed by atoms with van der Waals surface area (Å²) in [6.07, 6.45) is -0.522. The third-order valence-corrected chi connectivity index (χ3v) is 4.72. The zero-order valence-corrected chi connectivity index (χ0v) is 15.0. The third kappa shape index (κ3) is 5.19. The Hall–Kier alpha value is -2.12. The number of hydrogen-bond donors (Lipinski definition) is 1. The summed E-state index contributed by atoms with van der Waals surface area (Å²) in [6, 6.07) is 0.965. The first-order valence-electron chi connectivity index (χ1n) is 8.74. The summed E-state index contributed by atoms with van der Waals surface area (Å²) >= 11 is 0.